The third-order valence-corrected chi connectivity index (χ3v) is 3.41. The van der Waals surface area contributed by atoms with Crippen molar-refractivity contribution in [3.63, 3.8) is 0 Å². The average molecular weight is 288 g/mol. The lowest BCUT2D eigenvalue weighted by Crippen LogP contribution is -2.29. The predicted molar refractivity (Wildman–Crippen MR) is 83.8 cm³/mol. The minimum atomic E-state index is -0.202. The molecule has 0 aliphatic carbocycles. The zero-order chi connectivity index (χ0) is 15.5. The molecule has 0 radical (unpaired) electrons. The summed E-state index contributed by atoms with van der Waals surface area (Å²) in [6, 6.07) is 1.69. The van der Waals surface area contributed by atoms with Crippen LogP contribution in [0.2, 0.25) is 0 Å². The number of aliphatic hydroxyl groups is 1. The maximum atomic E-state index is 12.1. The zero-order valence-electron chi connectivity index (χ0n) is 12.9. The van der Waals surface area contributed by atoms with Gasteiger partial charge in [0.05, 0.1) is 5.56 Å². The van der Waals surface area contributed by atoms with Gasteiger partial charge in [-0.3, -0.25) is 9.78 Å². The number of aliphatic hydroxyl groups excluding tert-OH is 1. The van der Waals surface area contributed by atoms with E-state index in [2.05, 4.69) is 36.0 Å². The Labute approximate surface area is 127 Å². The van der Waals surface area contributed by atoms with Gasteiger partial charge in [-0.2, -0.15) is 0 Å². The van der Waals surface area contributed by atoms with Gasteiger partial charge in [0.15, 0.2) is 0 Å². The molecule has 0 saturated carbocycles. The van der Waals surface area contributed by atoms with Gasteiger partial charge in [-0.25, -0.2) is 0 Å². The molecule has 4 heteroatoms. The molecule has 1 heterocycles. The summed E-state index contributed by atoms with van der Waals surface area (Å²) in [6.07, 6.45) is 7.71. The smallest absolute Gasteiger partial charge is 0.252 e. The number of unbranched alkanes of at least 4 members (excludes halogenated alkanes) is 1. The highest BCUT2D eigenvalue weighted by Crippen LogP contribution is 2.11. The Bertz CT molecular complexity index is 503. The van der Waals surface area contributed by atoms with Crippen LogP contribution in [0.4, 0.5) is 0 Å². The Morgan fingerprint density at radius 1 is 1.43 bits per heavy atom. The quantitative estimate of drug-likeness (QED) is 0.757. The van der Waals surface area contributed by atoms with E-state index in [1.807, 2.05) is 0 Å². The molecule has 0 bridgehead atoms. The first-order valence-electron chi connectivity index (χ1n) is 7.54. The number of carbonyl (C=O) groups excluding carboxylic acids is 1. The van der Waals surface area contributed by atoms with Crippen molar-refractivity contribution in [1.29, 1.82) is 0 Å². The summed E-state index contributed by atoms with van der Waals surface area (Å²) in [5.74, 6) is 5.70. The largest absolute Gasteiger partial charge is 0.384 e. The molecule has 0 spiro atoms. The minimum absolute atomic E-state index is 0.120. The summed E-state index contributed by atoms with van der Waals surface area (Å²) in [4.78, 5) is 16.1. The lowest BCUT2D eigenvalue weighted by Gasteiger charge is -2.15. The van der Waals surface area contributed by atoms with Crippen molar-refractivity contribution in [2.24, 2.45) is 5.92 Å². The number of rotatable bonds is 7. The van der Waals surface area contributed by atoms with E-state index in [0.29, 0.717) is 23.6 Å². The fraction of sp³-hybridized carbons (Fsp3) is 0.529. The number of aromatic nitrogens is 1. The molecular weight excluding hydrogens is 264 g/mol. The first kappa shape index (κ1) is 17.2. The number of carbonyl (C=O) groups is 1. The van der Waals surface area contributed by atoms with Crippen molar-refractivity contribution < 1.29 is 9.90 Å². The van der Waals surface area contributed by atoms with Gasteiger partial charge in [0.1, 0.15) is 6.61 Å². The molecule has 0 aromatic carbocycles. The Balaban J connectivity index is 2.58. The molecule has 21 heavy (non-hydrogen) atoms. The number of amides is 1. The van der Waals surface area contributed by atoms with E-state index in [0.717, 1.165) is 12.8 Å². The van der Waals surface area contributed by atoms with E-state index in [1.54, 1.807) is 12.3 Å². The number of hydrogen-bond donors (Lipinski definition) is 2. The predicted octanol–water partition coefficient (Wildman–Crippen LogP) is 2.37. The summed E-state index contributed by atoms with van der Waals surface area (Å²) in [5, 5.41) is 11.6. The molecule has 0 aliphatic rings. The van der Waals surface area contributed by atoms with E-state index >= 15 is 0 Å². The third kappa shape index (κ3) is 6.42. The van der Waals surface area contributed by atoms with Gasteiger partial charge in [-0.15, -0.1) is 0 Å². The second-order valence-corrected chi connectivity index (χ2v) is 5.05. The summed E-state index contributed by atoms with van der Waals surface area (Å²) >= 11 is 0. The molecule has 1 aromatic heterocycles. The standard InChI is InChI=1S/C17H24N2O2/c1-3-5-7-14(4-2)12-19-17(21)16-10-15(8-6-9-20)11-18-13-16/h10-11,13-14,20H,3-5,7,9,12H2,1-2H3,(H,19,21). The van der Waals surface area contributed by atoms with E-state index in [9.17, 15) is 4.79 Å². The maximum absolute atomic E-state index is 12.1. The monoisotopic (exact) mass is 288 g/mol. The molecule has 1 atom stereocenters. The Hall–Kier alpha value is -1.86. The van der Waals surface area contributed by atoms with Crippen molar-refractivity contribution in [1.82, 2.24) is 10.3 Å². The molecule has 1 rings (SSSR count). The summed E-state index contributed by atoms with van der Waals surface area (Å²) in [7, 11) is 0. The highest BCUT2D eigenvalue weighted by molar-refractivity contribution is 5.94. The van der Waals surface area contributed by atoms with Gasteiger partial charge in [-0.05, 0) is 18.4 Å². The molecule has 1 aromatic rings. The van der Waals surface area contributed by atoms with Gasteiger partial charge >= 0.3 is 0 Å². The van der Waals surface area contributed by atoms with Crippen LogP contribution in [-0.4, -0.2) is 29.1 Å². The number of pyridine rings is 1. The van der Waals surface area contributed by atoms with Crippen LogP contribution in [0, 0.1) is 17.8 Å². The second-order valence-electron chi connectivity index (χ2n) is 5.05. The molecular formula is C17H24N2O2. The lowest BCUT2D eigenvalue weighted by molar-refractivity contribution is 0.0945. The van der Waals surface area contributed by atoms with Gasteiger partial charge in [0.2, 0.25) is 0 Å². The summed E-state index contributed by atoms with van der Waals surface area (Å²) in [6.45, 7) is 4.82. The molecule has 1 unspecified atom stereocenters. The lowest BCUT2D eigenvalue weighted by atomic mass is 9.99. The van der Waals surface area contributed by atoms with E-state index < -0.39 is 0 Å². The normalized spacial score (nSPS) is 11.4. The zero-order valence-corrected chi connectivity index (χ0v) is 12.9. The molecule has 114 valence electrons. The van der Waals surface area contributed by atoms with Crippen molar-refractivity contribution in [3.8, 4) is 11.8 Å². The first-order valence-corrected chi connectivity index (χ1v) is 7.54. The first-order chi connectivity index (χ1) is 10.2. The van der Waals surface area contributed by atoms with Crippen LogP contribution in [0.3, 0.4) is 0 Å². The van der Waals surface area contributed by atoms with Crippen molar-refractivity contribution >= 4 is 5.91 Å². The van der Waals surface area contributed by atoms with E-state index in [-0.39, 0.29) is 12.5 Å². The average Bonchev–Trinajstić information content (AvgIpc) is 2.53. The fourth-order valence-corrected chi connectivity index (χ4v) is 2.06. The highest BCUT2D eigenvalue weighted by atomic mass is 16.2. The number of hydrogen-bond acceptors (Lipinski definition) is 3. The number of nitrogens with zero attached hydrogens (tertiary/aromatic N) is 1. The fourth-order valence-electron chi connectivity index (χ4n) is 2.06. The van der Waals surface area contributed by atoms with Gasteiger partial charge in [0.25, 0.3) is 5.91 Å². The Morgan fingerprint density at radius 2 is 2.24 bits per heavy atom. The van der Waals surface area contributed by atoms with Crippen LogP contribution in [0.25, 0.3) is 0 Å². The van der Waals surface area contributed by atoms with Crippen LogP contribution >= 0.6 is 0 Å². The SMILES string of the molecule is CCCCC(CC)CNC(=O)c1cncc(C#CCO)c1. The Morgan fingerprint density at radius 3 is 2.90 bits per heavy atom. The minimum Gasteiger partial charge on any atom is -0.384 e. The van der Waals surface area contributed by atoms with E-state index in [1.165, 1.54) is 19.0 Å². The third-order valence-electron chi connectivity index (χ3n) is 3.41. The topological polar surface area (TPSA) is 62.2 Å². The molecule has 0 saturated heterocycles. The van der Waals surface area contributed by atoms with Crippen LogP contribution in [0.1, 0.15) is 55.5 Å². The Kier molecular flexibility index (Phi) is 8.15. The molecule has 0 fully saturated rings. The van der Waals surface area contributed by atoms with Crippen molar-refractivity contribution in [2.45, 2.75) is 39.5 Å². The van der Waals surface area contributed by atoms with Crippen LogP contribution in [-0.2, 0) is 0 Å². The maximum Gasteiger partial charge on any atom is 0.252 e. The molecule has 2 N–H and O–H groups in total. The van der Waals surface area contributed by atoms with E-state index in [4.69, 9.17) is 5.11 Å². The number of nitrogens with one attached hydrogen (secondary N) is 1. The molecule has 4 nitrogen and oxygen atoms in total. The van der Waals surface area contributed by atoms with Crippen LogP contribution in [0.5, 0.6) is 0 Å². The second kappa shape index (κ2) is 9.95. The van der Waals surface area contributed by atoms with Gasteiger partial charge in [0, 0.05) is 24.5 Å². The van der Waals surface area contributed by atoms with Crippen LogP contribution < -0.4 is 5.32 Å². The van der Waals surface area contributed by atoms with Gasteiger partial charge in [-0.1, -0.05) is 45.0 Å². The summed E-state index contributed by atoms with van der Waals surface area (Å²) < 4.78 is 0. The summed E-state index contributed by atoms with van der Waals surface area (Å²) in [5.41, 5.74) is 1.14. The van der Waals surface area contributed by atoms with Crippen molar-refractivity contribution in [3.05, 3.63) is 29.6 Å². The molecule has 0 aliphatic heterocycles. The highest BCUT2D eigenvalue weighted by Gasteiger charge is 2.10. The van der Waals surface area contributed by atoms with Gasteiger partial charge < -0.3 is 10.4 Å². The van der Waals surface area contributed by atoms with Crippen LogP contribution in [0.15, 0.2) is 18.5 Å². The molecule has 1 amide bonds. The van der Waals surface area contributed by atoms with Crippen molar-refractivity contribution in [2.75, 3.05) is 13.2 Å².